The number of sulfonamides is 1. The van der Waals surface area contributed by atoms with Gasteiger partial charge in [0.15, 0.2) is 0 Å². The van der Waals surface area contributed by atoms with E-state index in [0.29, 0.717) is 0 Å². The first-order valence-electron chi connectivity index (χ1n) is 5.20. The maximum atomic E-state index is 11.9. The Morgan fingerprint density at radius 3 is 2.65 bits per heavy atom. The van der Waals surface area contributed by atoms with Crippen LogP contribution in [0.4, 0.5) is 16.2 Å². The molecule has 11 heteroatoms. The lowest BCUT2D eigenvalue weighted by molar-refractivity contribution is -0.385. The van der Waals surface area contributed by atoms with Crippen molar-refractivity contribution in [1.29, 1.82) is 0 Å². The van der Waals surface area contributed by atoms with Gasteiger partial charge in [0, 0.05) is 18.7 Å². The molecule has 0 aliphatic carbocycles. The summed E-state index contributed by atoms with van der Waals surface area (Å²) < 4.78 is 30.2. The Kier molecular flexibility index (Phi) is 4.83. The first-order valence-corrected chi connectivity index (χ1v) is 6.68. The average Bonchev–Trinajstić information content (AvgIpc) is 2.34. The number of nitrogens with one attached hydrogen (secondary N) is 1. The van der Waals surface area contributed by atoms with Gasteiger partial charge in [0.05, 0.1) is 10.6 Å². The van der Waals surface area contributed by atoms with Gasteiger partial charge in [-0.1, -0.05) is 0 Å². The van der Waals surface area contributed by atoms with Gasteiger partial charge in [-0.3, -0.25) is 10.1 Å². The third-order valence-corrected chi connectivity index (χ3v) is 3.65. The maximum Gasteiger partial charge on any atom is 0.404 e. The van der Waals surface area contributed by atoms with Gasteiger partial charge in [-0.2, -0.15) is 0 Å². The highest BCUT2D eigenvalue weighted by atomic mass is 32.2. The summed E-state index contributed by atoms with van der Waals surface area (Å²) in [4.78, 5) is 19.7. The monoisotopic (exact) mass is 304 g/mol. The second-order valence-electron chi connectivity index (χ2n) is 3.54. The largest absolute Gasteiger partial charge is 0.448 e. The smallest absolute Gasteiger partial charge is 0.404 e. The summed E-state index contributed by atoms with van der Waals surface area (Å²) in [6.07, 6.45) is -1.04. The summed E-state index contributed by atoms with van der Waals surface area (Å²) in [7, 11) is -4.06. The highest BCUT2D eigenvalue weighted by Gasteiger charge is 2.20. The predicted octanol–water partition coefficient (Wildman–Crippen LogP) is -0.449. The number of amides is 1. The molecule has 0 heterocycles. The number of carbonyl (C=O) groups is 1. The fourth-order valence-corrected chi connectivity index (χ4v) is 2.44. The third-order valence-electron chi connectivity index (χ3n) is 2.14. The molecule has 10 nitrogen and oxygen atoms in total. The van der Waals surface area contributed by atoms with Crippen LogP contribution in [0.15, 0.2) is 23.1 Å². The summed E-state index contributed by atoms with van der Waals surface area (Å²) in [5, 5.41) is 10.6. The molecule has 0 bridgehead atoms. The van der Waals surface area contributed by atoms with E-state index < -0.39 is 31.6 Å². The Morgan fingerprint density at radius 1 is 1.45 bits per heavy atom. The highest BCUT2D eigenvalue weighted by Crippen LogP contribution is 2.23. The number of non-ortho nitro benzene ring substituents is 1. The molecule has 0 spiro atoms. The lowest BCUT2D eigenvalue weighted by Crippen LogP contribution is -2.29. The molecule has 0 saturated heterocycles. The van der Waals surface area contributed by atoms with Crippen LogP contribution in [0.5, 0.6) is 0 Å². The molecule has 0 atom stereocenters. The Balaban J connectivity index is 2.89. The van der Waals surface area contributed by atoms with E-state index in [4.69, 9.17) is 11.5 Å². The normalized spacial score (nSPS) is 11.0. The zero-order chi connectivity index (χ0) is 15.3. The molecule has 110 valence electrons. The van der Waals surface area contributed by atoms with Crippen molar-refractivity contribution in [3.05, 3.63) is 28.3 Å². The topological polar surface area (TPSA) is 168 Å². The van der Waals surface area contributed by atoms with Crippen molar-refractivity contribution >= 4 is 27.5 Å². The number of nitro benzene ring substituents is 1. The number of primary amides is 1. The Bertz CT molecular complexity index is 629. The minimum absolute atomic E-state index is 0.140. The lowest BCUT2D eigenvalue weighted by atomic mass is 10.3. The maximum absolute atomic E-state index is 11.9. The summed E-state index contributed by atoms with van der Waals surface area (Å²) in [6, 6.07) is 3.05. The number of nitrogens with two attached hydrogens (primary N) is 2. The van der Waals surface area contributed by atoms with E-state index in [9.17, 15) is 23.3 Å². The molecular formula is C9H12N4O6S. The molecule has 1 amide bonds. The molecule has 1 aromatic rings. The number of benzene rings is 1. The second kappa shape index (κ2) is 6.16. The zero-order valence-electron chi connectivity index (χ0n) is 10.1. The van der Waals surface area contributed by atoms with E-state index in [0.717, 1.165) is 18.2 Å². The molecule has 1 rings (SSSR count). The molecule has 0 aliphatic heterocycles. The van der Waals surface area contributed by atoms with Gasteiger partial charge < -0.3 is 16.2 Å². The number of hydrogen-bond acceptors (Lipinski definition) is 7. The summed E-state index contributed by atoms with van der Waals surface area (Å²) >= 11 is 0. The van der Waals surface area contributed by atoms with E-state index >= 15 is 0 Å². The van der Waals surface area contributed by atoms with Gasteiger partial charge in [0.25, 0.3) is 5.69 Å². The van der Waals surface area contributed by atoms with Crippen molar-refractivity contribution in [2.45, 2.75) is 4.90 Å². The summed E-state index contributed by atoms with van der Waals surface area (Å²) in [5.41, 5.74) is 9.63. The Morgan fingerprint density at radius 2 is 2.10 bits per heavy atom. The van der Waals surface area contributed by atoms with Crippen LogP contribution in [0.25, 0.3) is 0 Å². The van der Waals surface area contributed by atoms with E-state index in [1.807, 2.05) is 0 Å². The van der Waals surface area contributed by atoms with Gasteiger partial charge in [0.2, 0.25) is 10.0 Å². The summed E-state index contributed by atoms with van der Waals surface area (Å²) in [6.45, 7) is -0.517. The van der Waals surface area contributed by atoms with Crippen molar-refractivity contribution in [1.82, 2.24) is 4.72 Å². The van der Waals surface area contributed by atoms with Crippen molar-refractivity contribution in [2.75, 3.05) is 18.9 Å². The van der Waals surface area contributed by atoms with Crippen LogP contribution in [0.3, 0.4) is 0 Å². The molecule has 1 aromatic carbocycles. The van der Waals surface area contributed by atoms with Gasteiger partial charge in [-0.25, -0.2) is 17.9 Å². The van der Waals surface area contributed by atoms with Gasteiger partial charge >= 0.3 is 6.09 Å². The number of ether oxygens (including phenoxy) is 1. The number of nitrogen functional groups attached to an aromatic ring is 1. The third kappa shape index (κ3) is 4.07. The van der Waals surface area contributed by atoms with E-state index in [1.54, 1.807) is 0 Å². The standard InChI is InChI=1S/C9H12N4O6S/c10-7-2-1-6(13(15)16)5-8(7)20(17,18)12-3-4-19-9(11)14/h1-2,5,12H,3-4,10H2,(H2,11,14). The number of nitro groups is 1. The average molecular weight is 304 g/mol. The fraction of sp³-hybridized carbons (Fsp3) is 0.222. The first-order chi connectivity index (χ1) is 9.24. The van der Waals surface area contributed by atoms with Crippen LogP contribution in [0, 0.1) is 10.1 Å². The first kappa shape index (κ1) is 15.7. The number of hydrogen-bond donors (Lipinski definition) is 3. The summed E-state index contributed by atoms with van der Waals surface area (Å²) in [5.74, 6) is 0. The van der Waals surface area contributed by atoms with E-state index in [2.05, 4.69) is 9.46 Å². The highest BCUT2D eigenvalue weighted by molar-refractivity contribution is 7.89. The number of carbonyl (C=O) groups excluding carboxylic acids is 1. The number of rotatable bonds is 6. The van der Waals surface area contributed by atoms with Crippen LogP contribution in [-0.2, 0) is 14.8 Å². The van der Waals surface area contributed by atoms with Crippen LogP contribution in [-0.4, -0.2) is 32.6 Å². The molecule has 0 fully saturated rings. The molecule has 0 unspecified atom stereocenters. The molecular weight excluding hydrogens is 292 g/mol. The van der Waals surface area contributed by atoms with Crippen molar-refractivity contribution in [3.63, 3.8) is 0 Å². The molecule has 20 heavy (non-hydrogen) atoms. The van der Waals surface area contributed by atoms with Gasteiger partial charge in [-0.05, 0) is 6.07 Å². The van der Waals surface area contributed by atoms with Crippen molar-refractivity contribution in [2.24, 2.45) is 5.73 Å². The zero-order valence-corrected chi connectivity index (χ0v) is 10.9. The van der Waals surface area contributed by atoms with Gasteiger partial charge in [-0.15, -0.1) is 0 Å². The SMILES string of the molecule is NC(=O)OCCNS(=O)(=O)c1cc([N+](=O)[O-])ccc1N. The van der Waals surface area contributed by atoms with E-state index in [1.165, 1.54) is 0 Å². The molecule has 0 saturated carbocycles. The number of anilines is 1. The minimum Gasteiger partial charge on any atom is -0.448 e. The fourth-order valence-electron chi connectivity index (χ4n) is 1.27. The molecule has 0 aromatic heterocycles. The minimum atomic E-state index is -4.06. The van der Waals surface area contributed by atoms with Crippen LogP contribution in [0.2, 0.25) is 0 Å². The second-order valence-corrected chi connectivity index (χ2v) is 5.28. The quantitative estimate of drug-likeness (QED) is 0.277. The van der Waals surface area contributed by atoms with Crippen molar-refractivity contribution in [3.8, 4) is 0 Å². The lowest BCUT2D eigenvalue weighted by Gasteiger charge is -2.08. The Hall–Kier alpha value is -2.40. The molecule has 0 radical (unpaired) electrons. The predicted molar refractivity (Wildman–Crippen MR) is 68.2 cm³/mol. The van der Waals surface area contributed by atoms with Crippen LogP contribution < -0.4 is 16.2 Å². The Labute approximate surface area is 113 Å². The molecule has 0 aliphatic rings. The number of nitrogens with zero attached hydrogens (tertiary/aromatic N) is 1. The van der Waals surface area contributed by atoms with Crippen LogP contribution in [0.1, 0.15) is 0 Å². The van der Waals surface area contributed by atoms with Crippen molar-refractivity contribution < 1.29 is 22.9 Å². The van der Waals surface area contributed by atoms with Crippen LogP contribution >= 0.6 is 0 Å². The molecule has 5 N–H and O–H groups in total. The van der Waals surface area contributed by atoms with E-state index in [-0.39, 0.29) is 18.8 Å². The van der Waals surface area contributed by atoms with Gasteiger partial charge in [0.1, 0.15) is 11.5 Å².